The van der Waals surface area contributed by atoms with E-state index in [9.17, 15) is 16.8 Å². The molecule has 7 nitrogen and oxygen atoms in total. The predicted octanol–water partition coefficient (Wildman–Crippen LogP) is 8.18. The molecule has 0 amide bonds. The van der Waals surface area contributed by atoms with Gasteiger partial charge in [-0.25, -0.2) is 4.68 Å². The highest BCUT2D eigenvalue weighted by Crippen LogP contribution is 2.37. The Balaban J connectivity index is 1.73. The minimum atomic E-state index is -4.63. The van der Waals surface area contributed by atoms with Crippen molar-refractivity contribution < 1.29 is 16.8 Å². The molecule has 0 N–H and O–H groups in total. The summed E-state index contributed by atoms with van der Waals surface area (Å²) in [6.45, 7) is 6.07. The van der Waals surface area contributed by atoms with Crippen molar-refractivity contribution in [3.8, 4) is 16.3 Å². The van der Waals surface area contributed by atoms with Crippen LogP contribution < -0.4 is 3.71 Å². The van der Waals surface area contributed by atoms with E-state index in [0.29, 0.717) is 15.1 Å². The number of nitrogens with zero attached hydrogens (tertiary/aromatic N) is 3. The fourth-order valence-corrected chi connectivity index (χ4v) is 9.34. The normalized spacial score (nSPS) is 12.0. The third kappa shape index (κ3) is 6.52. The Morgan fingerprint density at radius 3 is 1.75 bits per heavy atom. The molecule has 230 valence electrons. The number of hydrogen-bond acceptors (Lipinski definition) is 6. The monoisotopic (exact) mass is 647 g/mol. The lowest BCUT2D eigenvalue weighted by atomic mass is 10.1. The van der Waals surface area contributed by atoms with Crippen LogP contribution in [0.4, 0.5) is 5.82 Å². The van der Waals surface area contributed by atoms with Crippen LogP contribution in [0, 0.1) is 6.92 Å². The molecule has 0 spiro atoms. The van der Waals surface area contributed by atoms with Gasteiger partial charge in [-0.2, -0.15) is 21.9 Å². The first-order chi connectivity index (χ1) is 21.2. The minimum Gasteiger partial charge on any atom is -0.214 e. The van der Waals surface area contributed by atoms with Gasteiger partial charge in [-0.3, -0.25) is 0 Å². The van der Waals surface area contributed by atoms with Crippen LogP contribution in [0.25, 0.3) is 16.3 Å². The van der Waals surface area contributed by atoms with Gasteiger partial charge >= 0.3 is 0 Å². The number of aromatic nitrogens is 2. The van der Waals surface area contributed by atoms with Crippen LogP contribution in [0.2, 0.25) is 0 Å². The summed E-state index contributed by atoms with van der Waals surface area (Å²) in [7, 11) is -9.26. The Kier molecular flexibility index (Phi) is 9.72. The summed E-state index contributed by atoms with van der Waals surface area (Å²) in [6.07, 6.45) is 5.60. The van der Waals surface area contributed by atoms with Gasteiger partial charge in [0.05, 0.1) is 20.4 Å². The average molecular weight is 648 g/mol. The number of aryl methyl sites for hydroxylation is 3. The molecule has 3 aromatic carbocycles. The summed E-state index contributed by atoms with van der Waals surface area (Å²) < 4.78 is 60.2. The van der Waals surface area contributed by atoms with Crippen molar-refractivity contribution in [3.63, 3.8) is 0 Å². The first kappa shape index (κ1) is 31.7. The molecule has 0 saturated carbocycles. The molecule has 0 atom stereocenters. The first-order valence-electron chi connectivity index (χ1n) is 14.8. The van der Waals surface area contributed by atoms with Crippen LogP contribution in [0.5, 0.6) is 0 Å². The lowest BCUT2D eigenvalue weighted by molar-refractivity contribution is 0.582. The van der Waals surface area contributed by atoms with Crippen molar-refractivity contribution >= 4 is 37.2 Å². The highest BCUT2D eigenvalue weighted by molar-refractivity contribution is 8.10. The fraction of sp³-hybridized carbons (Fsp3) is 0.265. The molecule has 5 aromatic rings. The van der Waals surface area contributed by atoms with E-state index >= 15 is 0 Å². The zero-order chi connectivity index (χ0) is 31.3. The second-order valence-electron chi connectivity index (χ2n) is 10.8. The maximum atomic E-state index is 14.6. The summed E-state index contributed by atoms with van der Waals surface area (Å²) >= 11 is 1.44. The molecule has 2 aromatic heterocycles. The predicted molar refractivity (Wildman–Crippen MR) is 179 cm³/mol. The standard InChI is InChI=1S/C34H37N3O4S3/c1-4-6-12-27-16-20-29(21-17-27)43(38,39)37(44(40,41)30-22-18-28(19-23-30)13-7-5-2)34-25-31(33-15-10-24-42-33)35-36(34)32-14-9-8-11-26(32)3/h8-11,14-25H,4-7,12-13H2,1-3H3. The Labute approximate surface area is 264 Å². The summed E-state index contributed by atoms with van der Waals surface area (Å²) in [5.74, 6) is -0.0900. The van der Waals surface area contributed by atoms with Crippen molar-refractivity contribution in [2.45, 2.75) is 69.1 Å². The molecule has 2 heterocycles. The molecular formula is C34H37N3O4S3. The fourth-order valence-electron chi connectivity index (χ4n) is 5.01. The average Bonchev–Trinajstić information content (AvgIpc) is 3.70. The Hall–Kier alpha value is -3.73. The molecule has 0 unspecified atom stereocenters. The second-order valence-corrected chi connectivity index (χ2v) is 15.5. The van der Waals surface area contributed by atoms with Gasteiger partial charge in [-0.1, -0.05) is 75.2 Å². The molecule has 0 fully saturated rings. The quantitative estimate of drug-likeness (QED) is 0.129. The van der Waals surface area contributed by atoms with Crippen LogP contribution in [0.3, 0.4) is 0 Å². The Bertz CT molecular complexity index is 1830. The SMILES string of the molecule is CCCCc1ccc(S(=O)(=O)N(c2cc(-c3cccs3)nn2-c2ccccc2C)S(=O)(=O)c2ccc(CCCC)cc2)cc1. The van der Waals surface area contributed by atoms with Gasteiger partial charge in [-0.05, 0) is 91.1 Å². The number of para-hydroxylation sites is 1. The molecule has 0 aliphatic rings. The van der Waals surface area contributed by atoms with E-state index in [0.717, 1.165) is 60.1 Å². The van der Waals surface area contributed by atoms with E-state index in [1.807, 2.05) is 42.6 Å². The highest BCUT2D eigenvalue weighted by Gasteiger charge is 2.40. The second kappa shape index (κ2) is 13.5. The Morgan fingerprint density at radius 1 is 0.727 bits per heavy atom. The first-order valence-corrected chi connectivity index (χ1v) is 18.6. The number of benzene rings is 3. The van der Waals surface area contributed by atoms with Gasteiger partial charge in [0.25, 0.3) is 20.0 Å². The molecule has 0 aliphatic carbocycles. The van der Waals surface area contributed by atoms with Crippen LogP contribution in [0.1, 0.15) is 56.2 Å². The molecule has 0 radical (unpaired) electrons. The van der Waals surface area contributed by atoms with E-state index in [4.69, 9.17) is 5.10 Å². The van der Waals surface area contributed by atoms with Crippen LogP contribution in [-0.4, -0.2) is 26.6 Å². The van der Waals surface area contributed by atoms with Crippen molar-refractivity contribution in [1.29, 1.82) is 0 Å². The zero-order valence-corrected chi connectivity index (χ0v) is 27.6. The van der Waals surface area contributed by atoms with E-state index < -0.39 is 20.0 Å². The van der Waals surface area contributed by atoms with Crippen LogP contribution in [-0.2, 0) is 32.9 Å². The Morgan fingerprint density at radius 2 is 1.27 bits per heavy atom. The van der Waals surface area contributed by atoms with E-state index in [1.54, 1.807) is 36.4 Å². The molecule has 10 heteroatoms. The van der Waals surface area contributed by atoms with E-state index in [2.05, 4.69) is 13.8 Å². The van der Waals surface area contributed by atoms with Crippen LogP contribution >= 0.6 is 11.3 Å². The number of sulfonamides is 2. The van der Waals surface area contributed by atoms with Gasteiger partial charge in [-0.15, -0.1) is 15.0 Å². The smallest absolute Gasteiger partial charge is 0.214 e. The highest BCUT2D eigenvalue weighted by atomic mass is 32.3. The third-order valence-corrected chi connectivity index (χ3v) is 12.6. The van der Waals surface area contributed by atoms with Crippen molar-refractivity contribution in [2.75, 3.05) is 3.71 Å². The summed E-state index contributed by atoms with van der Waals surface area (Å²) in [5.41, 5.74) is 3.84. The maximum absolute atomic E-state index is 14.6. The molecule has 0 bridgehead atoms. The van der Waals surface area contributed by atoms with Gasteiger partial charge < -0.3 is 0 Å². The number of thiophene rings is 1. The lowest BCUT2D eigenvalue weighted by Crippen LogP contribution is -2.38. The largest absolute Gasteiger partial charge is 0.279 e. The minimum absolute atomic E-state index is 0.0900. The van der Waals surface area contributed by atoms with Gasteiger partial charge in [0.15, 0.2) is 5.82 Å². The molecule has 5 rings (SSSR count). The van der Waals surface area contributed by atoms with E-state index in [1.165, 1.54) is 40.3 Å². The molecular weight excluding hydrogens is 611 g/mol. The lowest BCUT2D eigenvalue weighted by Gasteiger charge is -2.25. The topological polar surface area (TPSA) is 89.3 Å². The zero-order valence-electron chi connectivity index (χ0n) is 25.2. The van der Waals surface area contributed by atoms with Gasteiger partial charge in [0, 0.05) is 6.07 Å². The van der Waals surface area contributed by atoms with Crippen molar-refractivity contribution in [1.82, 2.24) is 9.78 Å². The number of unbranched alkanes of at least 4 members (excludes halogenated alkanes) is 2. The van der Waals surface area contributed by atoms with Gasteiger partial charge in [0.2, 0.25) is 0 Å². The maximum Gasteiger partial charge on any atom is 0.279 e. The molecule has 0 saturated heterocycles. The van der Waals surface area contributed by atoms with Crippen molar-refractivity contribution in [2.24, 2.45) is 0 Å². The number of anilines is 1. The number of hydrogen-bond donors (Lipinski definition) is 0. The third-order valence-electron chi connectivity index (χ3n) is 7.51. The van der Waals surface area contributed by atoms with Crippen molar-refractivity contribution in [3.05, 3.63) is 113 Å². The summed E-state index contributed by atoms with van der Waals surface area (Å²) in [5, 5.41) is 6.67. The van der Waals surface area contributed by atoms with Gasteiger partial charge in [0.1, 0.15) is 5.69 Å². The molecule has 44 heavy (non-hydrogen) atoms. The number of rotatable bonds is 13. The molecule has 0 aliphatic heterocycles. The van der Waals surface area contributed by atoms with Crippen LogP contribution in [0.15, 0.2) is 106 Å². The summed E-state index contributed by atoms with van der Waals surface area (Å²) in [4.78, 5) is 0.557. The van der Waals surface area contributed by atoms with E-state index in [-0.39, 0.29) is 15.6 Å². The summed E-state index contributed by atoms with van der Waals surface area (Å²) in [6, 6.07) is 25.6.